The largest absolute Gasteiger partial charge is 0.508 e. The Morgan fingerprint density at radius 3 is 1.60 bits per heavy atom. The highest BCUT2D eigenvalue weighted by Gasteiger charge is 2.38. The lowest BCUT2D eigenvalue weighted by Crippen LogP contribution is -2.31. The van der Waals surface area contributed by atoms with Gasteiger partial charge in [-0.1, -0.05) is 0 Å². The van der Waals surface area contributed by atoms with E-state index in [1.165, 1.54) is 6.07 Å². The van der Waals surface area contributed by atoms with Gasteiger partial charge in [0.25, 0.3) is 0 Å². The molecule has 0 saturated carbocycles. The van der Waals surface area contributed by atoms with E-state index >= 15 is 0 Å². The van der Waals surface area contributed by atoms with Crippen molar-refractivity contribution in [3.05, 3.63) is 68.9 Å². The Morgan fingerprint density at radius 1 is 0.571 bits per heavy atom. The molecule has 0 bridgehead atoms. The first kappa shape index (κ1) is 26.9. The minimum Gasteiger partial charge on any atom is -0.508 e. The van der Waals surface area contributed by atoms with Crippen LogP contribution < -0.4 is 14.9 Å². The monoisotopic (exact) mass is 580 g/mol. The molecule has 13 nitrogen and oxygen atoms in total. The zero-order valence-electron chi connectivity index (χ0n) is 21.4. The van der Waals surface area contributed by atoms with Crippen LogP contribution in [0.5, 0.6) is 57.5 Å². The fraction of sp³-hybridized carbons (Fsp3) is 0.207. The maximum atomic E-state index is 13.3. The number of hydrogen-bond donors (Lipinski definition) is 10. The molecule has 0 radical (unpaired) electrons. The van der Waals surface area contributed by atoms with E-state index in [9.17, 15) is 55.9 Å². The van der Waals surface area contributed by atoms with Gasteiger partial charge < -0.3 is 60.5 Å². The predicted octanol–water partition coefficient (Wildman–Crippen LogP) is 1.92. The van der Waals surface area contributed by atoms with Gasteiger partial charge in [0.1, 0.15) is 34.5 Å². The number of fused-ring (bicyclic) bond motifs is 3. The number of rotatable bonds is 2. The minimum absolute atomic E-state index is 0.0145. The molecular weight excluding hydrogens is 556 g/mol. The second kappa shape index (κ2) is 9.39. The zero-order valence-corrected chi connectivity index (χ0v) is 21.4. The average molecular weight is 580 g/mol. The summed E-state index contributed by atoms with van der Waals surface area (Å²) in [6, 6.07) is 6.56. The summed E-state index contributed by atoms with van der Waals surface area (Å²) in [4.78, 5) is 13.3. The van der Waals surface area contributed by atoms with Gasteiger partial charge in [-0.2, -0.15) is 0 Å². The third-order valence-corrected chi connectivity index (χ3v) is 7.58. The lowest BCUT2D eigenvalue weighted by molar-refractivity contribution is 0.0182. The highest BCUT2D eigenvalue weighted by atomic mass is 16.5. The number of ether oxygens (including phenoxy) is 2. The molecule has 2 heterocycles. The summed E-state index contributed by atoms with van der Waals surface area (Å²) in [6.45, 7) is 0. The van der Waals surface area contributed by atoms with Crippen molar-refractivity contribution in [3.63, 3.8) is 0 Å². The number of phenolic OH excluding ortho intramolecular Hbond substituents is 6. The Morgan fingerprint density at radius 2 is 1.07 bits per heavy atom. The van der Waals surface area contributed by atoms with E-state index in [4.69, 9.17) is 9.47 Å². The second-order valence-corrected chi connectivity index (χ2v) is 10.3. The van der Waals surface area contributed by atoms with Crippen LogP contribution in [0.15, 0.2) is 41.2 Å². The molecule has 4 aromatic carbocycles. The molecule has 6 rings (SSSR count). The summed E-state index contributed by atoms with van der Waals surface area (Å²) in [7, 11) is 0. The van der Waals surface area contributed by atoms with E-state index in [1.807, 2.05) is 0 Å². The van der Waals surface area contributed by atoms with Crippen LogP contribution in [0, 0.1) is 0 Å². The van der Waals surface area contributed by atoms with E-state index in [0.29, 0.717) is 0 Å². The lowest BCUT2D eigenvalue weighted by Gasteiger charge is -2.32. The molecule has 42 heavy (non-hydrogen) atoms. The summed E-state index contributed by atoms with van der Waals surface area (Å²) in [6.07, 6.45) is -6.14. The molecule has 0 aromatic heterocycles. The molecule has 2 aliphatic rings. The summed E-state index contributed by atoms with van der Waals surface area (Å²) in [5.41, 5.74) is -1.44. The number of aliphatic hydroxyl groups excluding tert-OH is 2. The number of aliphatic hydroxyl groups is 2. The molecule has 0 fully saturated rings. The second-order valence-electron chi connectivity index (χ2n) is 10.3. The maximum absolute atomic E-state index is 13.3. The molecule has 4 aromatic rings. The van der Waals surface area contributed by atoms with E-state index in [2.05, 4.69) is 0 Å². The van der Waals surface area contributed by atoms with Crippen LogP contribution in [0.1, 0.15) is 34.5 Å². The van der Waals surface area contributed by atoms with Crippen molar-refractivity contribution in [1.29, 1.82) is 0 Å². The van der Waals surface area contributed by atoms with Crippen LogP contribution >= 0.6 is 0 Å². The van der Waals surface area contributed by atoms with Gasteiger partial charge in [0.2, 0.25) is 11.2 Å². The topological polar surface area (TPSA) is 238 Å². The van der Waals surface area contributed by atoms with Crippen LogP contribution in [0.3, 0.4) is 0 Å². The van der Waals surface area contributed by atoms with E-state index < -0.39 is 58.2 Å². The van der Waals surface area contributed by atoms with Gasteiger partial charge in [-0.15, -0.1) is 0 Å². The highest BCUT2D eigenvalue weighted by molar-refractivity contribution is 5.94. The third kappa shape index (κ3) is 4.05. The van der Waals surface area contributed by atoms with Crippen LogP contribution in [-0.2, 0) is 12.8 Å². The Labute approximate surface area is 235 Å². The molecule has 13 heteroatoms. The lowest BCUT2D eigenvalue weighted by atomic mass is 9.90. The molecule has 0 saturated heterocycles. The molecule has 2 aliphatic heterocycles. The molecular formula is C29H24O13. The quantitative estimate of drug-likeness (QED) is 0.153. The van der Waals surface area contributed by atoms with Crippen molar-refractivity contribution in [2.75, 3.05) is 0 Å². The molecule has 10 N–H and O–H groups in total. The molecule has 4 atom stereocenters. The van der Waals surface area contributed by atoms with Gasteiger partial charge in [0.15, 0.2) is 29.5 Å². The van der Waals surface area contributed by atoms with Gasteiger partial charge in [-0.05, 0) is 17.5 Å². The Hall–Kier alpha value is -5.27. The average Bonchev–Trinajstić information content (AvgIpc) is 3.01. The zero-order chi connectivity index (χ0) is 30.2. The highest BCUT2D eigenvalue weighted by Crippen LogP contribution is 2.48. The SMILES string of the molecule is O=c1c(O)c(O)c([C@H]2Oc3cc(O)cc(O)c3C[C@H]2O)cc2c([C@H]3Oc4cc(O)cc(O)c4C[C@H]3O)cc(O)c(O)c12. The minimum atomic E-state index is -1.49. The Balaban J connectivity index is 1.60. The first-order valence-corrected chi connectivity index (χ1v) is 12.6. The van der Waals surface area contributed by atoms with Crippen molar-refractivity contribution in [1.82, 2.24) is 0 Å². The molecule has 0 aliphatic carbocycles. The molecule has 0 amide bonds. The number of hydrogen-bond acceptors (Lipinski definition) is 13. The van der Waals surface area contributed by atoms with E-state index in [1.54, 1.807) is 0 Å². The summed E-state index contributed by atoms with van der Waals surface area (Å²) in [5, 5.41) is 104. The molecule has 0 unspecified atom stereocenters. The van der Waals surface area contributed by atoms with Crippen LogP contribution in [0.4, 0.5) is 0 Å². The molecule has 0 spiro atoms. The van der Waals surface area contributed by atoms with Crippen LogP contribution in [0.25, 0.3) is 10.8 Å². The molecule has 218 valence electrons. The van der Waals surface area contributed by atoms with Crippen LogP contribution in [-0.4, -0.2) is 63.3 Å². The predicted molar refractivity (Wildman–Crippen MR) is 143 cm³/mol. The number of phenols is 6. The van der Waals surface area contributed by atoms with Gasteiger partial charge in [0, 0.05) is 59.4 Å². The Bertz CT molecular complexity index is 1850. The van der Waals surface area contributed by atoms with Crippen molar-refractivity contribution in [3.8, 4) is 57.5 Å². The van der Waals surface area contributed by atoms with Crippen molar-refractivity contribution >= 4 is 10.8 Å². The number of aromatic hydroxyl groups is 8. The normalized spacial score (nSPS) is 21.2. The standard InChI is InChI=1S/C29H24O13/c30-9-1-16(32)13-7-19(35)28(41-21(13)3-9)12-6-18(34)25(38)23-11(12)5-15(24(37)27(40)26(23)39)29-20(36)8-14-17(33)2-10(31)4-22(14)42-29/h1-6,19-20,28-36,38H,7-8H2,(H2,37,39,40)/t19-,20-,28-,29-/m1/s1. The maximum Gasteiger partial charge on any atom is 0.235 e. The van der Waals surface area contributed by atoms with Gasteiger partial charge in [-0.25, -0.2) is 0 Å². The fourth-order valence-electron chi connectivity index (χ4n) is 5.58. The van der Waals surface area contributed by atoms with Crippen molar-refractivity contribution < 1.29 is 60.5 Å². The van der Waals surface area contributed by atoms with E-state index in [-0.39, 0.29) is 75.0 Å². The summed E-state index contributed by atoms with van der Waals surface area (Å²) in [5.74, 6) is -5.52. The third-order valence-electron chi connectivity index (χ3n) is 7.58. The first-order valence-electron chi connectivity index (χ1n) is 12.6. The summed E-state index contributed by atoms with van der Waals surface area (Å²) < 4.78 is 11.7. The first-order chi connectivity index (χ1) is 19.8. The van der Waals surface area contributed by atoms with Gasteiger partial charge in [0.05, 0.1) is 17.6 Å². The fourth-order valence-corrected chi connectivity index (χ4v) is 5.58. The van der Waals surface area contributed by atoms with Gasteiger partial charge in [-0.3, -0.25) is 4.79 Å². The van der Waals surface area contributed by atoms with Crippen molar-refractivity contribution in [2.24, 2.45) is 0 Å². The van der Waals surface area contributed by atoms with Crippen molar-refractivity contribution in [2.45, 2.75) is 37.3 Å². The van der Waals surface area contributed by atoms with Gasteiger partial charge >= 0.3 is 0 Å². The Kier molecular flexibility index (Phi) is 6.02. The van der Waals surface area contributed by atoms with E-state index in [0.717, 1.165) is 30.3 Å². The smallest absolute Gasteiger partial charge is 0.235 e. The number of benzene rings is 3. The summed E-state index contributed by atoms with van der Waals surface area (Å²) >= 11 is 0. The van der Waals surface area contributed by atoms with Crippen LogP contribution in [0.2, 0.25) is 0 Å².